The van der Waals surface area contributed by atoms with E-state index in [1.54, 1.807) is 6.07 Å². The van der Waals surface area contributed by atoms with E-state index in [2.05, 4.69) is 39.4 Å². The van der Waals surface area contributed by atoms with Gasteiger partial charge in [0.25, 0.3) is 0 Å². The Balaban J connectivity index is 2.13. The van der Waals surface area contributed by atoms with Gasteiger partial charge in [-0.15, -0.1) is 0 Å². The number of hydrogen-bond acceptors (Lipinski definition) is 1. The summed E-state index contributed by atoms with van der Waals surface area (Å²) in [5, 5.41) is 3.28. The molecule has 2 aromatic rings. The van der Waals surface area contributed by atoms with Crippen LogP contribution < -0.4 is 5.32 Å². The second-order valence-electron chi connectivity index (χ2n) is 4.41. The molecule has 0 aliphatic rings. The summed E-state index contributed by atoms with van der Waals surface area (Å²) in [4.78, 5) is 0. The van der Waals surface area contributed by atoms with Gasteiger partial charge in [-0.25, -0.2) is 4.39 Å². The summed E-state index contributed by atoms with van der Waals surface area (Å²) in [7, 11) is 0. The quantitative estimate of drug-likeness (QED) is 0.857. The van der Waals surface area contributed by atoms with Crippen molar-refractivity contribution in [3.8, 4) is 0 Å². The lowest BCUT2D eigenvalue weighted by atomic mass is 10.1. The van der Waals surface area contributed by atoms with Gasteiger partial charge in [0.05, 0.1) is 0 Å². The SMILES string of the molecule is Cc1ccc(C)c(NCc2ccc(Br)cc2F)c1. The Morgan fingerprint density at radius 2 is 1.89 bits per heavy atom. The molecule has 1 nitrogen and oxygen atoms in total. The number of nitrogens with one attached hydrogen (secondary N) is 1. The zero-order valence-corrected chi connectivity index (χ0v) is 12.0. The summed E-state index contributed by atoms with van der Waals surface area (Å²) >= 11 is 3.25. The Kier molecular flexibility index (Phi) is 4.02. The van der Waals surface area contributed by atoms with Crippen LogP contribution in [0.4, 0.5) is 10.1 Å². The van der Waals surface area contributed by atoms with Gasteiger partial charge in [0.1, 0.15) is 5.82 Å². The lowest BCUT2D eigenvalue weighted by molar-refractivity contribution is 0.612. The van der Waals surface area contributed by atoms with Gasteiger partial charge < -0.3 is 5.32 Å². The smallest absolute Gasteiger partial charge is 0.129 e. The topological polar surface area (TPSA) is 12.0 Å². The van der Waals surface area contributed by atoms with Crippen LogP contribution >= 0.6 is 15.9 Å². The van der Waals surface area contributed by atoms with Crippen molar-refractivity contribution >= 4 is 21.6 Å². The summed E-state index contributed by atoms with van der Waals surface area (Å²) in [5.74, 6) is -0.192. The van der Waals surface area contributed by atoms with Crippen LogP contribution in [0.25, 0.3) is 0 Å². The minimum absolute atomic E-state index is 0.192. The average molecular weight is 308 g/mol. The summed E-state index contributed by atoms with van der Waals surface area (Å²) in [5.41, 5.74) is 4.08. The molecule has 3 heteroatoms. The Labute approximate surface area is 115 Å². The maximum Gasteiger partial charge on any atom is 0.129 e. The van der Waals surface area contributed by atoms with Gasteiger partial charge in [0.15, 0.2) is 0 Å². The number of hydrogen-bond donors (Lipinski definition) is 1. The maximum atomic E-state index is 13.7. The first-order valence-corrected chi connectivity index (χ1v) is 6.60. The molecule has 0 saturated heterocycles. The fraction of sp³-hybridized carbons (Fsp3) is 0.200. The zero-order chi connectivity index (χ0) is 13.1. The molecule has 2 aromatic carbocycles. The average Bonchev–Trinajstić information content (AvgIpc) is 2.32. The summed E-state index contributed by atoms with van der Waals surface area (Å²) in [6, 6.07) is 11.3. The zero-order valence-electron chi connectivity index (χ0n) is 10.4. The van der Waals surface area contributed by atoms with Crippen LogP contribution in [0.15, 0.2) is 40.9 Å². The Morgan fingerprint density at radius 3 is 2.61 bits per heavy atom. The molecule has 0 radical (unpaired) electrons. The largest absolute Gasteiger partial charge is 0.381 e. The van der Waals surface area contributed by atoms with E-state index < -0.39 is 0 Å². The molecule has 94 valence electrons. The van der Waals surface area contributed by atoms with E-state index in [9.17, 15) is 4.39 Å². The number of aryl methyl sites for hydroxylation is 2. The summed E-state index contributed by atoms with van der Waals surface area (Å²) < 4.78 is 14.4. The number of benzene rings is 2. The van der Waals surface area contributed by atoms with Gasteiger partial charge in [-0.2, -0.15) is 0 Å². The van der Waals surface area contributed by atoms with Crippen LogP contribution in [0.2, 0.25) is 0 Å². The van der Waals surface area contributed by atoms with Crippen molar-refractivity contribution in [3.63, 3.8) is 0 Å². The van der Waals surface area contributed by atoms with Crippen LogP contribution in [0.1, 0.15) is 16.7 Å². The molecule has 0 aliphatic heterocycles. The highest BCUT2D eigenvalue weighted by molar-refractivity contribution is 9.10. The molecule has 0 unspecified atom stereocenters. The highest BCUT2D eigenvalue weighted by atomic mass is 79.9. The van der Waals surface area contributed by atoms with Crippen LogP contribution in [-0.2, 0) is 6.54 Å². The molecule has 0 saturated carbocycles. The summed E-state index contributed by atoms with van der Waals surface area (Å²) in [6.07, 6.45) is 0. The van der Waals surface area contributed by atoms with Crippen molar-refractivity contribution in [3.05, 3.63) is 63.4 Å². The van der Waals surface area contributed by atoms with E-state index in [4.69, 9.17) is 0 Å². The first-order valence-electron chi connectivity index (χ1n) is 5.81. The number of halogens is 2. The molecule has 0 amide bonds. The van der Waals surface area contributed by atoms with E-state index in [0.29, 0.717) is 12.1 Å². The van der Waals surface area contributed by atoms with Crippen molar-refractivity contribution in [2.75, 3.05) is 5.32 Å². The van der Waals surface area contributed by atoms with Crippen LogP contribution in [0, 0.1) is 19.7 Å². The third-order valence-electron chi connectivity index (χ3n) is 2.88. The van der Waals surface area contributed by atoms with Crippen LogP contribution in [0.3, 0.4) is 0 Å². The Morgan fingerprint density at radius 1 is 1.11 bits per heavy atom. The first kappa shape index (κ1) is 13.1. The molecule has 0 atom stereocenters. The molecular weight excluding hydrogens is 293 g/mol. The highest BCUT2D eigenvalue weighted by Crippen LogP contribution is 2.19. The van der Waals surface area contributed by atoms with E-state index in [1.165, 1.54) is 11.6 Å². The fourth-order valence-corrected chi connectivity index (χ4v) is 2.11. The monoisotopic (exact) mass is 307 g/mol. The molecule has 2 rings (SSSR count). The van der Waals surface area contributed by atoms with Crippen molar-refractivity contribution in [2.24, 2.45) is 0 Å². The predicted molar refractivity (Wildman–Crippen MR) is 77.3 cm³/mol. The first-order chi connectivity index (χ1) is 8.56. The minimum atomic E-state index is -0.192. The molecule has 0 aliphatic carbocycles. The van der Waals surface area contributed by atoms with Gasteiger partial charge >= 0.3 is 0 Å². The standard InChI is InChI=1S/C15H15BrFN/c1-10-3-4-11(2)15(7-10)18-9-12-5-6-13(16)8-14(12)17/h3-8,18H,9H2,1-2H3. The Hall–Kier alpha value is -1.35. The molecule has 0 aromatic heterocycles. The van der Waals surface area contributed by atoms with Gasteiger partial charge in [-0.05, 0) is 43.2 Å². The molecule has 0 bridgehead atoms. The normalized spacial score (nSPS) is 10.4. The van der Waals surface area contributed by atoms with E-state index in [1.807, 2.05) is 19.9 Å². The van der Waals surface area contributed by atoms with Crippen molar-refractivity contribution < 1.29 is 4.39 Å². The molecule has 0 spiro atoms. The van der Waals surface area contributed by atoms with Gasteiger partial charge in [-0.3, -0.25) is 0 Å². The minimum Gasteiger partial charge on any atom is -0.381 e. The van der Waals surface area contributed by atoms with Gasteiger partial charge in [-0.1, -0.05) is 34.1 Å². The van der Waals surface area contributed by atoms with Gasteiger partial charge in [0.2, 0.25) is 0 Å². The van der Waals surface area contributed by atoms with Crippen molar-refractivity contribution in [1.29, 1.82) is 0 Å². The lowest BCUT2D eigenvalue weighted by Crippen LogP contribution is -2.03. The lowest BCUT2D eigenvalue weighted by Gasteiger charge is -2.11. The van der Waals surface area contributed by atoms with E-state index in [0.717, 1.165) is 15.7 Å². The number of rotatable bonds is 3. The highest BCUT2D eigenvalue weighted by Gasteiger charge is 2.04. The molecule has 18 heavy (non-hydrogen) atoms. The molecule has 0 fully saturated rings. The second kappa shape index (κ2) is 5.53. The van der Waals surface area contributed by atoms with Crippen molar-refractivity contribution in [2.45, 2.75) is 20.4 Å². The fourth-order valence-electron chi connectivity index (χ4n) is 1.78. The van der Waals surface area contributed by atoms with Crippen LogP contribution in [-0.4, -0.2) is 0 Å². The number of anilines is 1. The molecule has 0 heterocycles. The third-order valence-corrected chi connectivity index (χ3v) is 3.37. The summed E-state index contributed by atoms with van der Waals surface area (Å²) in [6.45, 7) is 4.58. The molecular formula is C15H15BrFN. The third kappa shape index (κ3) is 3.10. The Bertz CT molecular complexity index is 566. The van der Waals surface area contributed by atoms with Crippen LogP contribution in [0.5, 0.6) is 0 Å². The molecule has 1 N–H and O–H groups in total. The van der Waals surface area contributed by atoms with Crippen molar-refractivity contribution in [1.82, 2.24) is 0 Å². The maximum absolute atomic E-state index is 13.7. The second-order valence-corrected chi connectivity index (χ2v) is 5.32. The predicted octanol–water partition coefficient (Wildman–Crippen LogP) is 4.82. The van der Waals surface area contributed by atoms with E-state index >= 15 is 0 Å². The van der Waals surface area contributed by atoms with E-state index in [-0.39, 0.29) is 5.82 Å². The van der Waals surface area contributed by atoms with Gasteiger partial charge in [0, 0.05) is 22.3 Å².